The quantitative estimate of drug-likeness (QED) is 0.529. The Balaban J connectivity index is 1.94. The van der Waals surface area contributed by atoms with Crippen molar-refractivity contribution in [1.82, 2.24) is 0 Å². The lowest BCUT2D eigenvalue weighted by atomic mass is 9.87. The summed E-state index contributed by atoms with van der Waals surface area (Å²) >= 11 is 0. The molecule has 1 aliphatic heterocycles. The molecule has 2 atom stereocenters. The molecule has 0 aromatic heterocycles. The smallest absolute Gasteiger partial charge is 0.130 e. The van der Waals surface area contributed by atoms with E-state index in [2.05, 4.69) is 49.9 Å². The van der Waals surface area contributed by atoms with Gasteiger partial charge in [0, 0.05) is 28.7 Å². The zero-order valence-corrected chi connectivity index (χ0v) is 19.4. The Bertz CT molecular complexity index is 1120. The van der Waals surface area contributed by atoms with Crippen molar-refractivity contribution >= 4 is 16.5 Å². The van der Waals surface area contributed by atoms with Gasteiger partial charge in [0.15, 0.2) is 0 Å². The Morgan fingerprint density at radius 2 is 1.52 bits per heavy atom. The number of anilines is 1. The van der Waals surface area contributed by atoms with Crippen LogP contribution in [0.15, 0.2) is 36.4 Å². The highest BCUT2D eigenvalue weighted by Crippen LogP contribution is 2.47. The molecule has 0 N–H and O–H groups in total. The lowest BCUT2D eigenvalue weighted by molar-refractivity contribution is 0.381. The predicted molar refractivity (Wildman–Crippen MR) is 125 cm³/mol. The van der Waals surface area contributed by atoms with E-state index in [1.807, 2.05) is 12.1 Å². The zero-order valence-electron chi connectivity index (χ0n) is 19.4. The van der Waals surface area contributed by atoms with E-state index in [0.717, 1.165) is 45.8 Å². The molecule has 164 valence electrons. The second-order valence-corrected chi connectivity index (χ2v) is 8.22. The molecule has 0 aliphatic carbocycles. The molecule has 5 nitrogen and oxygen atoms in total. The first-order valence-corrected chi connectivity index (χ1v) is 10.6. The Kier molecular flexibility index (Phi) is 5.61. The van der Waals surface area contributed by atoms with Gasteiger partial charge < -0.3 is 23.8 Å². The van der Waals surface area contributed by atoms with Crippen LogP contribution in [0.1, 0.15) is 36.6 Å². The average Bonchev–Trinajstić information content (AvgIpc) is 2.77. The third-order valence-electron chi connectivity index (χ3n) is 6.36. The zero-order chi connectivity index (χ0) is 22.3. The van der Waals surface area contributed by atoms with E-state index in [9.17, 15) is 0 Å². The van der Waals surface area contributed by atoms with E-state index in [0.29, 0.717) is 6.04 Å². The molecular weight excluding hydrogens is 390 g/mol. The molecule has 1 aliphatic rings. The number of fused-ring (bicyclic) bond motifs is 2. The monoisotopic (exact) mass is 421 g/mol. The maximum Gasteiger partial charge on any atom is 0.130 e. The number of methoxy groups -OCH3 is 4. The summed E-state index contributed by atoms with van der Waals surface area (Å²) in [5, 5.41) is 2.13. The van der Waals surface area contributed by atoms with Crippen molar-refractivity contribution in [3.63, 3.8) is 0 Å². The Hall–Kier alpha value is -3.08. The summed E-state index contributed by atoms with van der Waals surface area (Å²) in [6, 6.07) is 13.0. The van der Waals surface area contributed by atoms with E-state index < -0.39 is 0 Å². The minimum absolute atomic E-state index is 0.128. The van der Waals surface area contributed by atoms with Crippen LogP contribution in [0.2, 0.25) is 0 Å². The Morgan fingerprint density at radius 3 is 2.16 bits per heavy atom. The molecule has 4 rings (SSSR count). The Labute approximate surface area is 184 Å². The number of nitrogens with zero attached hydrogens (tertiary/aromatic N) is 1. The molecule has 3 aromatic carbocycles. The van der Waals surface area contributed by atoms with Crippen LogP contribution in [0.3, 0.4) is 0 Å². The van der Waals surface area contributed by atoms with E-state index in [1.54, 1.807) is 28.4 Å². The van der Waals surface area contributed by atoms with Crippen LogP contribution in [0.4, 0.5) is 5.69 Å². The summed E-state index contributed by atoms with van der Waals surface area (Å²) in [6.07, 6.45) is 0.906. The van der Waals surface area contributed by atoms with Crippen LogP contribution in [-0.2, 0) is 6.42 Å². The van der Waals surface area contributed by atoms with Gasteiger partial charge in [0.2, 0.25) is 0 Å². The fraction of sp³-hybridized carbons (Fsp3) is 0.385. The third-order valence-corrected chi connectivity index (χ3v) is 6.36. The van der Waals surface area contributed by atoms with Crippen LogP contribution < -0.4 is 23.8 Å². The van der Waals surface area contributed by atoms with E-state index in [-0.39, 0.29) is 6.04 Å². The van der Waals surface area contributed by atoms with E-state index in [1.165, 1.54) is 16.8 Å². The van der Waals surface area contributed by atoms with Crippen LogP contribution in [0.25, 0.3) is 10.8 Å². The predicted octanol–water partition coefficient (Wildman–Crippen LogP) is 5.69. The SMILES string of the molecule is COc1cc2c(c(OC)c1)[C@@H](C)N(c1ccc(OC)c3c(OC)cc(C)cc13)[C@H](C)C2. The van der Waals surface area contributed by atoms with Gasteiger partial charge in [0.05, 0.1) is 39.9 Å². The molecule has 0 amide bonds. The molecular formula is C26H31NO4. The highest BCUT2D eigenvalue weighted by molar-refractivity contribution is 6.03. The Morgan fingerprint density at radius 1 is 0.806 bits per heavy atom. The van der Waals surface area contributed by atoms with Crippen molar-refractivity contribution in [3.05, 3.63) is 53.1 Å². The second kappa shape index (κ2) is 8.22. The van der Waals surface area contributed by atoms with Gasteiger partial charge in [-0.15, -0.1) is 0 Å². The highest BCUT2D eigenvalue weighted by Gasteiger charge is 2.33. The maximum atomic E-state index is 5.78. The molecule has 31 heavy (non-hydrogen) atoms. The minimum Gasteiger partial charge on any atom is -0.497 e. The molecule has 1 heterocycles. The summed E-state index contributed by atoms with van der Waals surface area (Å²) < 4.78 is 22.7. The second-order valence-electron chi connectivity index (χ2n) is 8.22. The number of aryl methyl sites for hydroxylation is 1. The molecule has 5 heteroatoms. The molecule has 3 aromatic rings. The van der Waals surface area contributed by atoms with Gasteiger partial charge in [0.1, 0.15) is 23.0 Å². The van der Waals surface area contributed by atoms with Crippen LogP contribution in [0.5, 0.6) is 23.0 Å². The van der Waals surface area contributed by atoms with Crippen molar-refractivity contribution < 1.29 is 18.9 Å². The molecule has 0 saturated carbocycles. The minimum atomic E-state index is 0.128. The number of benzene rings is 3. The lowest BCUT2D eigenvalue weighted by Crippen LogP contribution is -2.41. The average molecular weight is 422 g/mol. The molecule has 0 bridgehead atoms. The first-order valence-electron chi connectivity index (χ1n) is 10.6. The summed E-state index contributed by atoms with van der Waals surface area (Å²) in [6.45, 7) is 6.61. The van der Waals surface area contributed by atoms with E-state index in [4.69, 9.17) is 18.9 Å². The fourth-order valence-electron chi connectivity index (χ4n) is 5.06. The summed E-state index contributed by atoms with van der Waals surface area (Å²) in [5.74, 6) is 3.34. The molecule has 0 radical (unpaired) electrons. The van der Waals surface area contributed by atoms with Crippen molar-refractivity contribution in [2.75, 3.05) is 33.3 Å². The van der Waals surface area contributed by atoms with Crippen LogP contribution in [-0.4, -0.2) is 34.5 Å². The first kappa shape index (κ1) is 21.2. The third kappa shape index (κ3) is 3.42. The lowest BCUT2D eigenvalue weighted by Gasteiger charge is -2.43. The molecule has 0 unspecified atom stereocenters. The standard InChI is InChI=1S/C26H31NO4/c1-15-10-20-21(8-9-22(29-5)26(20)23(11-15)30-6)27-16(2)12-18-13-19(28-4)14-24(31-7)25(18)17(27)3/h8-11,13-14,16-17H,12H2,1-7H3/t16-,17-/m1/s1. The molecule has 0 saturated heterocycles. The van der Waals surface area contributed by atoms with Gasteiger partial charge in [-0.05, 0) is 68.7 Å². The van der Waals surface area contributed by atoms with Crippen molar-refractivity contribution in [2.24, 2.45) is 0 Å². The highest BCUT2D eigenvalue weighted by atomic mass is 16.5. The van der Waals surface area contributed by atoms with Gasteiger partial charge in [-0.2, -0.15) is 0 Å². The van der Waals surface area contributed by atoms with Crippen molar-refractivity contribution in [1.29, 1.82) is 0 Å². The van der Waals surface area contributed by atoms with Gasteiger partial charge in [-0.3, -0.25) is 0 Å². The number of rotatable bonds is 5. The maximum absolute atomic E-state index is 5.78. The van der Waals surface area contributed by atoms with Gasteiger partial charge in [-0.25, -0.2) is 0 Å². The van der Waals surface area contributed by atoms with Gasteiger partial charge in [-0.1, -0.05) is 0 Å². The van der Waals surface area contributed by atoms with Gasteiger partial charge in [0.25, 0.3) is 0 Å². The summed E-state index contributed by atoms with van der Waals surface area (Å²) in [4.78, 5) is 2.48. The van der Waals surface area contributed by atoms with Crippen LogP contribution >= 0.6 is 0 Å². The summed E-state index contributed by atoms with van der Waals surface area (Å²) in [7, 11) is 6.83. The van der Waals surface area contributed by atoms with E-state index >= 15 is 0 Å². The number of hydrogen-bond acceptors (Lipinski definition) is 5. The molecule has 0 spiro atoms. The number of hydrogen-bond donors (Lipinski definition) is 0. The van der Waals surface area contributed by atoms with Crippen molar-refractivity contribution in [3.8, 4) is 23.0 Å². The first-order chi connectivity index (χ1) is 14.9. The number of ether oxygens (including phenoxy) is 4. The summed E-state index contributed by atoms with van der Waals surface area (Å²) in [5.41, 5.74) is 4.81. The normalized spacial score (nSPS) is 18.0. The van der Waals surface area contributed by atoms with Crippen molar-refractivity contribution in [2.45, 2.75) is 39.3 Å². The fourth-order valence-corrected chi connectivity index (χ4v) is 5.06. The largest absolute Gasteiger partial charge is 0.497 e. The van der Waals surface area contributed by atoms with Gasteiger partial charge >= 0.3 is 0 Å². The topological polar surface area (TPSA) is 40.2 Å². The van der Waals surface area contributed by atoms with Crippen LogP contribution in [0, 0.1) is 6.92 Å². The molecule has 0 fully saturated rings.